The average molecular weight is 430 g/mol. The van der Waals surface area contributed by atoms with E-state index in [4.69, 9.17) is 4.42 Å². The summed E-state index contributed by atoms with van der Waals surface area (Å²) in [5.74, 6) is 1.29. The van der Waals surface area contributed by atoms with Gasteiger partial charge in [0.15, 0.2) is 6.39 Å². The summed E-state index contributed by atoms with van der Waals surface area (Å²) in [6.07, 6.45) is 9.42. The van der Waals surface area contributed by atoms with E-state index in [9.17, 15) is 9.59 Å². The highest BCUT2D eigenvalue weighted by atomic mass is 16.3. The molecule has 3 aromatic rings. The number of rotatable bonds is 6. The summed E-state index contributed by atoms with van der Waals surface area (Å²) in [4.78, 5) is 31.0. The van der Waals surface area contributed by atoms with Crippen LogP contribution in [0.4, 0.5) is 5.69 Å². The lowest BCUT2D eigenvalue weighted by Gasteiger charge is -2.19. The second-order valence-electron chi connectivity index (χ2n) is 8.72. The summed E-state index contributed by atoms with van der Waals surface area (Å²) in [5.41, 5.74) is 5.02. The van der Waals surface area contributed by atoms with Crippen molar-refractivity contribution in [3.05, 3.63) is 71.9 Å². The van der Waals surface area contributed by atoms with Gasteiger partial charge in [-0.3, -0.25) is 9.59 Å². The lowest BCUT2D eigenvalue weighted by molar-refractivity contribution is -0.119. The van der Waals surface area contributed by atoms with Gasteiger partial charge in [0, 0.05) is 24.2 Å². The summed E-state index contributed by atoms with van der Waals surface area (Å²) in [6, 6.07) is 13.9. The maximum absolute atomic E-state index is 12.8. The number of anilines is 1. The molecule has 2 aliphatic rings. The quantitative estimate of drug-likeness (QED) is 0.614. The molecule has 6 heteroatoms. The van der Waals surface area contributed by atoms with E-state index in [1.165, 1.54) is 37.6 Å². The lowest BCUT2D eigenvalue weighted by Crippen LogP contribution is -2.30. The van der Waals surface area contributed by atoms with Gasteiger partial charge >= 0.3 is 0 Å². The Morgan fingerprint density at radius 2 is 1.84 bits per heavy atom. The predicted octanol–water partition coefficient (Wildman–Crippen LogP) is 4.74. The first kappa shape index (κ1) is 20.5. The summed E-state index contributed by atoms with van der Waals surface area (Å²) in [6.45, 7) is 1.08. The number of hydrogen-bond acceptors (Lipinski definition) is 4. The summed E-state index contributed by atoms with van der Waals surface area (Å²) >= 11 is 0. The fraction of sp³-hybridized carbons (Fsp3) is 0.346. The normalized spacial score (nSPS) is 15.7. The molecule has 0 saturated heterocycles. The molecule has 0 bridgehead atoms. The number of carbonyl (C=O) groups is 2. The number of fused-ring (bicyclic) bond motifs is 1. The molecule has 0 spiro atoms. The molecule has 1 saturated carbocycles. The zero-order chi connectivity index (χ0) is 21.9. The molecular weight excluding hydrogens is 402 g/mol. The molecule has 32 heavy (non-hydrogen) atoms. The van der Waals surface area contributed by atoms with Crippen molar-refractivity contribution in [2.45, 2.75) is 45.1 Å². The molecule has 1 aromatic heterocycles. The third-order valence-corrected chi connectivity index (χ3v) is 6.60. The van der Waals surface area contributed by atoms with Crippen LogP contribution in [-0.4, -0.2) is 23.3 Å². The molecule has 1 aliphatic heterocycles. The second kappa shape index (κ2) is 8.99. The summed E-state index contributed by atoms with van der Waals surface area (Å²) in [7, 11) is 0. The van der Waals surface area contributed by atoms with E-state index in [2.05, 4.69) is 28.5 Å². The van der Waals surface area contributed by atoms with Gasteiger partial charge in [-0.25, -0.2) is 4.98 Å². The molecule has 0 atom stereocenters. The number of nitrogens with zero attached hydrogens (tertiary/aromatic N) is 2. The number of hydrogen-bond donors (Lipinski definition) is 1. The first-order chi connectivity index (χ1) is 15.7. The average Bonchev–Trinajstić information content (AvgIpc) is 3.59. The van der Waals surface area contributed by atoms with Gasteiger partial charge in [0.25, 0.3) is 5.91 Å². The van der Waals surface area contributed by atoms with Gasteiger partial charge in [0.1, 0.15) is 5.76 Å². The molecule has 2 amide bonds. The highest BCUT2D eigenvalue weighted by Gasteiger charge is 2.27. The first-order valence-electron chi connectivity index (χ1n) is 11.4. The van der Waals surface area contributed by atoms with Gasteiger partial charge in [-0.2, -0.15) is 0 Å². The molecule has 1 N–H and O–H groups in total. The number of nitrogens with one attached hydrogen (secondary N) is 1. The molecule has 164 valence electrons. The molecule has 0 unspecified atom stereocenters. The smallest absolute Gasteiger partial charge is 0.251 e. The molecule has 2 heterocycles. The monoisotopic (exact) mass is 429 g/mol. The van der Waals surface area contributed by atoms with Crippen molar-refractivity contribution in [2.24, 2.45) is 5.92 Å². The van der Waals surface area contributed by atoms with Crippen molar-refractivity contribution in [3.8, 4) is 11.1 Å². The van der Waals surface area contributed by atoms with E-state index < -0.39 is 0 Å². The molecule has 2 aromatic carbocycles. The van der Waals surface area contributed by atoms with E-state index in [-0.39, 0.29) is 11.8 Å². The number of aromatic nitrogens is 1. The fourth-order valence-corrected chi connectivity index (χ4v) is 4.82. The molecule has 1 fully saturated rings. The van der Waals surface area contributed by atoms with E-state index in [0.29, 0.717) is 30.2 Å². The van der Waals surface area contributed by atoms with Crippen LogP contribution in [0.2, 0.25) is 0 Å². The molecule has 0 radical (unpaired) electrons. The van der Waals surface area contributed by atoms with Gasteiger partial charge in [0.2, 0.25) is 5.91 Å². The zero-order valence-corrected chi connectivity index (χ0v) is 18.0. The van der Waals surface area contributed by atoms with Crippen LogP contribution in [-0.2, 0) is 17.8 Å². The number of oxazole rings is 1. The minimum absolute atomic E-state index is 0.154. The van der Waals surface area contributed by atoms with E-state index in [1.54, 1.807) is 6.20 Å². The van der Waals surface area contributed by atoms with Crippen LogP contribution in [0.3, 0.4) is 0 Å². The minimum Gasteiger partial charge on any atom is -0.447 e. The Balaban J connectivity index is 1.24. The number of benzene rings is 2. The van der Waals surface area contributed by atoms with Crippen molar-refractivity contribution < 1.29 is 14.0 Å². The van der Waals surface area contributed by atoms with Crippen molar-refractivity contribution in [1.29, 1.82) is 0 Å². The van der Waals surface area contributed by atoms with Gasteiger partial charge in [-0.15, -0.1) is 0 Å². The maximum Gasteiger partial charge on any atom is 0.251 e. The van der Waals surface area contributed by atoms with E-state index >= 15 is 0 Å². The Hall–Kier alpha value is -3.41. The number of amides is 2. The van der Waals surface area contributed by atoms with Crippen molar-refractivity contribution in [2.75, 3.05) is 11.4 Å². The van der Waals surface area contributed by atoms with Crippen molar-refractivity contribution in [1.82, 2.24) is 10.3 Å². The maximum atomic E-state index is 12.8. The van der Waals surface area contributed by atoms with Gasteiger partial charge in [-0.1, -0.05) is 31.0 Å². The van der Waals surface area contributed by atoms with Gasteiger partial charge in [-0.05, 0) is 66.1 Å². The molecular formula is C26H27N3O3. The highest BCUT2D eigenvalue weighted by molar-refractivity contribution is 5.96. The van der Waals surface area contributed by atoms with Crippen LogP contribution in [0.1, 0.15) is 53.8 Å². The standard InChI is InChI=1S/C26H27N3O3/c30-25(13-18-3-1-2-4-18)29-12-11-22-14-21(9-10-24(22)29)19-5-7-20(8-6-19)26(31)28-16-23-15-27-17-32-23/h5-10,14-15,17-18H,1-4,11-13,16H2,(H,28,31). The van der Waals surface area contributed by atoms with Crippen LogP contribution in [0.15, 0.2) is 59.5 Å². The molecule has 1 aliphatic carbocycles. The number of carbonyl (C=O) groups excluding carboxylic acids is 2. The van der Waals surface area contributed by atoms with E-state index in [1.807, 2.05) is 29.2 Å². The van der Waals surface area contributed by atoms with Gasteiger partial charge < -0.3 is 14.6 Å². The third kappa shape index (κ3) is 4.31. The van der Waals surface area contributed by atoms with Crippen LogP contribution in [0, 0.1) is 5.92 Å². The predicted molar refractivity (Wildman–Crippen MR) is 122 cm³/mol. The van der Waals surface area contributed by atoms with Crippen molar-refractivity contribution >= 4 is 17.5 Å². The Bertz CT molecular complexity index is 1100. The van der Waals surface area contributed by atoms with Crippen LogP contribution < -0.4 is 10.2 Å². The fourth-order valence-electron chi connectivity index (χ4n) is 4.82. The molecule has 5 rings (SSSR count). The Morgan fingerprint density at radius 1 is 1.06 bits per heavy atom. The Kier molecular flexibility index (Phi) is 5.75. The lowest BCUT2D eigenvalue weighted by atomic mass is 10.00. The molecule has 6 nitrogen and oxygen atoms in total. The SMILES string of the molecule is O=C(NCc1cnco1)c1ccc(-c2ccc3c(c2)CCN3C(=O)CC2CCCC2)cc1. The Morgan fingerprint density at radius 3 is 2.59 bits per heavy atom. The third-order valence-electron chi connectivity index (χ3n) is 6.60. The van der Waals surface area contributed by atoms with Crippen LogP contribution in [0.25, 0.3) is 11.1 Å². The first-order valence-corrected chi connectivity index (χ1v) is 11.4. The zero-order valence-electron chi connectivity index (χ0n) is 18.0. The minimum atomic E-state index is -0.154. The topological polar surface area (TPSA) is 75.4 Å². The van der Waals surface area contributed by atoms with Gasteiger partial charge in [0.05, 0.1) is 12.7 Å². The Labute approximate surface area is 187 Å². The summed E-state index contributed by atoms with van der Waals surface area (Å²) in [5, 5.41) is 2.83. The van der Waals surface area contributed by atoms with E-state index in [0.717, 1.165) is 29.8 Å². The highest BCUT2D eigenvalue weighted by Crippen LogP contribution is 2.35. The van der Waals surface area contributed by atoms with Crippen LogP contribution in [0.5, 0.6) is 0 Å². The van der Waals surface area contributed by atoms with Crippen molar-refractivity contribution in [3.63, 3.8) is 0 Å². The summed E-state index contributed by atoms with van der Waals surface area (Å²) < 4.78 is 5.14. The largest absolute Gasteiger partial charge is 0.447 e. The second-order valence-corrected chi connectivity index (χ2v) is 8.72. The van der Waals surface area contributed by atoms with Crippen LogP contribution >= 0.6 is 0 Å².